The first-order chi connectivity index (χ1) is 9.66. The normalized spacial score (nSPS) is 10.7. The van der Waals surface area contributed by atoms with Crippen molar-refractivity contribution in [3.8, 4) is 0 Å². The van der Waals surface area contributed by atoms with Crippen LogP contribution in [0.25, 0.3) is 10.2 Å². The summed E-state index contributed by atoms with van der Waals surface area (Å²) in [6.07, 6.45) is 0. The number of halogens is 2. The number of thiazole rings is 1. The second kappa shape index (κ2) is 5.52. The average Bonchev–Trinajstić information content (AvgIpc) is 2.91. The lowest BCUT2D eigenvalue weighted by atomic mass is 10.2. The summed E-state index contributed by atoms with van der Waals surface area (Å²) < 4.78 is 1.72. The van der Waals surface area contributed by atoms with Crippen LogP contribution in [0.5, 0.6) is 0 Å². The number of carbonyl (C=O) groups excluding carboxylic acids is 1. The second-order valence-corrected chi connectivity index (χ2v) is 6.20. The van der Waals surface area contributed by atoms with Crippen LogP contribution in [-0.2, 0) is 0 Å². The highest BCUT2D eigenvalue weighted by atomic mass is 79.9. The van der Waals surface area contributed by atoms with Gasteiger partial charge < -0.3 is 5.32 Å². The van der Waals surface area contributed by atoms with E-state index in [0.29, 0.717) is 21.8 Å². The summed E-state index contributed by atoms with van der Waals surface area (Å²) in [5, 5.41) is 3.32. The quantitative estimate of drug-likeness (QED) is 0.695. The SMILES string of the molecule is O=C(Nc1c(Cl)ccc2scnc12)c1ccccc1Br. The molecule has 100 valence electrons. The molecule has 0 aliphatic rings. The number of nitrogens with one attached hydrogen (secondary N) is 1. The number of hydrogen-bond donors (Lipinski definition) is 1. The van der Waals surface area contributed by atoms with Crippen LogP contribution >= 0.6 is 38.9 Å². The largest absolute Gasteiger partial charge is 0.319 e. The van der Waals surface area contributed by atoms with Crippen LogP contribution in [0, 0.1) is 0 Å². The van der Waals surface area contributed by atoms with Crippen molar-refractivity contribution in [2.75, 3.05) is 5.32 Å². The Morgan fingerprint density at radius 2 is 2.05 bits per heavy atom. The Labute approximate surface area is 132 Å². The molecule has 0 fully saturated rings. The van der Waals surface area contributed by atoms with Gasteiger partial charge in [0.15, 0.2) is 0 Å². The standard InChI is InChI=1S/C14H8BrClN2OS/c15-9-4-2-1-3-8(9)14(19)18-12-10(16)5-6-11-13(12)17-7-20-11/h1-7H,(H,18,19). The molecule has 3 rings (SSSR count). The number of nitrogens with zero attached hydrogens (tertiary/aromatic N) is 1. The predicted octanol–water partition coefficient (Wildman–Crippen LogP) is 4.96. The lowest BCUT2D eigenvalue weighted by Gasteiger charge is -2.09. The van der Waals surface area contributed by atoms with Gasteiger partial charge in [-0.15, -0.1) is 11.3 Å². The second-order valence-electron chi connectivity index (χ2n) is 4.06. The summed E-state index contributed by atoms with van der Waals surface area (Å²) >= 11 is 11.0. The molecule has 0 atom stereocenters. The summed E-state index contributed by atoms with van der Waals surface area (Å²) in [4.78, 5) is 16.6. The molecule has 0 radical (unpaired) electrons. The first-order valence-corrected chi connectivity index (χ1v) is 7.79. The molecule has 0 unspecified atom stereocenters. The van der Waals surface area contributed by atoms with Gasteiger partial charge in [0, 0.05) is 4.47 Å². The van der Waals surface area contributed by atoms with Gasteiger partial charge in [-0.05, 0) is 40.2 Å². The zero-order valence-electron chi connectivity index (χ0n) is 10.1. The maximum atomic E-state index is 12.3. The highest BCUT2D eigenvalue weighted by molar-refractivity contribution is 9.10. The van der Waals surface area contributed by atoms with Crippen molar-refractivity contribution in [2.24, 2.45) is 0 Å². The minimum Gasteiger partial charge on any atom is -0.319 e. The first-order valence-electron chi connectivity index (χ1n) is 5.74. The van der Waals surface area contributed by atoms with E-state index < -0.39 is 0 Å². The maximum Gasteiger partial charge on any atom is 0.256 e. The molecular weight excluding hydrogens is 360 g/mol. The Kier molecular flexibility index (Phi) is 3.74. The van der Waals surface area contributed by atoms with E-state index >= 15 is 0 Å². The van der Waals surface area contributed by atoms with Gasteiger partial charge in [-0.1, -0.05) is 23.7 Å². The molecule has 2 aromatic carbocycles. The van der Waals surface area contributed by atoms with E-state index in [0.717, 1.165) is 9.17 Å². The van der Waals surface area contributed by atoms with Crippen molar-refractivity contribution in [3.05, 3.63) is 57.0 Å². The zero-order valence-corrected chi connectivity index (χ0v) is 13.2. The molecule has 1 N–H and O–H groups in total. The Bertz CT molecular complexity index is 803. The Morgan fingerprint density at radius 3 is 2.85 bits per heavy atom. The minimum atomic E-state index is -0.222. The van der Waals surface area contributed by atoms with E-state index in [4.69, 9.17) is 11.6 Å². The molecule has 0 aliphatic carbocycles. The van der Waals surface area contributed by atoms with E-state index in [9.17, 15) is 4.79 Å². The van der Waals surface area contributed by atoms with Crippen molar-refractivity contribution >= 4 is 60.7 Å². The Morgan fingerprint density at radius 1 is 1.25 bits per heavy atom. The van der Waals surface area contributed by atoms with Crippen LogP contribution in [0.15, 0.2) is 46.4 Å². The van der Waals surface area contributed by atoms with Gasteiger partial charge >= 0.3 is 0 Å². The van der Waals surface area contributed by atoms with E-state index in [1.165, 1.54) is 11.3 Å². The summed E-state index contributed by atoms with van der Waals surface area (Å²) in [5.74, 6) is -0.222. The molecule has 0 saturated heterocycles. The topological polar surface area (TPSA) is 42.0 Å². The number of anilines is 1. The summed E-state index contributed by atoms with van der Waals surface area (Å²) in [6, 6.07) is 10.9. The summed E-state index contributed by atoms with van der Waals surface area (Å²) in [5.41, 5.74) is 3.54. The van der Waals surface area contributed by atoms with Gasteiger partial charge in [0.2, 0.25) is 0 Å². The molecule has 0 spiro atoms. The molecule has 0 aliphatic heterocycles. The third-order valence-electron chi connectivity index (χ3n) is 2.81. The van der Waals surface area contributed by atoms with Crippen molar-refractivity contribution < 1.29 is 4.79 Å². The average molecular weight is 368 g/mol. The minimum absolute atomic E-state index is 0.222. The van der Waals surface area contributed by atoms with Crippen molar-refractivity contribution in [3.63, 3.8) is 0 Å². The van der Waals surface area contributed by atoms with E-state index in [1.54, 1.807) is 17.6 Å². The Hall–Kier alpha value is -1.43. The molecule has 1 amide bonds. The number of fused-ring (bicyclic) bond motifs is 1. The van der Waals surface area contributed by atoms with Gasteiger partial charge in [-0.2, -0.15) is 0 Å². The van der Waals surface area contributed by atoms with Gasteiger partial charge in [0.05, 0.1) is 26.5 Å². The molecule has 3 aromatic rings. The maximum absolute atomic E-state index is 12.3. The van der Waals surface area contributed by atoms with Gasteiger partial charge in [0.25, 0.3) is 5.91 Å². The molecular formula is C14H8BrClN2OS. The molecule has 6 heteroatoms. The van der Waals surface area contributed by atoms with Crippen LogP contribution in [0.2, 0.25) is 5.02 Å². The predicted molar refractivity (Wildman–Crippen MR) is 86.7 cm³/mol. The molecule has 3 nitrogen and oxygen atoms in total. The van der Waals surface area contributed by atoms with E-state index in [-0.39, 0.29) is 5.91 Å². The molecule has 20 heavy (non-hydrogen) atoms. The van der Waals surface area contributed by atoms with Crippen LogP contribution in [0.4, 0.5) is 5.69 Å². The van der Waals surface area contributed by atoms with Crippen molar-refractivity contribution in [1.29, 1.82) is 0 Å². The van der Waals surface area contributed by atoms with E-state index in [1.807, 2.05) is 24.3 Å². The third kappa shape index (κ3) is 2.44. The molecule has 0 saturated carbocycles. The number of rotatable bonds is 2. The molecule has 1 aromatic heterocycles. The number of hydrogen-bond acceptors (Lipinski definition) is 3. The van der Waals surface area contributed by atoms with Crippen molar-refractivity contribution in [1.82, 2.24) is 4.98 Å². The van der Waals surface area contributed by atoms with Gasteiger partial charge in [-0.3, -0.25) is 4.79 Å². The zero-order chi connectivity index (χ0) is 14.1. The monoisotopic (exact) mass is 366 g/mol. The fourth-order valence-electron chi connectivity index (χ4n) is 1.85. The van der Waals surface area contributed by atoms with Gasteiger partial charge in [0.1, 0.15) is 5.52 Å². The smallest absolute Gasteiger partial charge is 0.256 e. The van der Waals surface area contributed by atoms with Crippen LogP contribution in [0.3, 0.4) is 0 Å². The van der Waals surface area contributed by atoms with Crippen LogP contribution in [0.1, 0.15) is 10.4 Å². The van der Waals surface area contributed by atoms with E-state index in [2.05, 4.69) is 26.2 Å². The molecule has 1 heterocycles. The lowest BCUT2D eigenvalue weighted by Crippen LogP contribution is -2.13. The van der Waals surface area contributed by atoms with Crippen LogP contribution < -0.4 is 5.32 Å². The fraction of sp³-hybridized carbons (Fsp3) is 0. The Balaban J connectivity index is 2.01. The first kappa shape index (κ1) is 13.5. The number of carbonyl (C=O) groups is 1. The number of amides is 1. The van der Waals surface area contributed by atoms with Crippen LogP contribution in [-0.4, -0.2) is 10.9 Å². The summed E-state index contributed by atoms with van der Waals surface area (Å²) in [6.45, 7) is 0. The third-order valence-corrected chi connectivity index (χ3v) is 4.61. The molecule has 0 bridgehead atoms. The summed E-state index contributed by atoms with van der Waals surface area (Å²) in [7, 11) is 0. The lowest BCUT2D eigenvalue weighted by molar-refractivity contribution is 0.102. The number of aromatic nitrogens is 1. The van der Waals surface area contributed by atoms with Gasteiger partial charge in [-0.25, -0.2) is 4.98 Å². The number of benzene rings is 2. The highest BCUT2D eigenvalue weighted by Crippen LogP contribution is 2.32. The fourth-order valence-corrected chi connectivity index (χ4v) is 3.20. The highest BCUT2D eigenvalue weighted by Gasteiger charge is 2.14. The van der Waals surface area contributed by atoms with Crippen molar-refractivity contribution in [2.45, 2.75) is 0 Å².